The molecule has 40 heavy (non-hydrogen) atoms. The number of piperidine rings is 1. The van der Waals surface area contributed by atoms with Gasteiger partial charge in [-0.15, -0.1) is 11.3 Å². The number of carbonyl (C=O) groups is 3. The number of methoxy groups -OCH3 is 1. The molecule has 0 radical (unpaired) electrons. The predicted molar refractivity (Wildman–Crippen MR) is 154 cm³/mol. The number of ketones is 1. The van der Waals surface area contributed by atoms with Crippen LogP contribution in [0.3, 0.4) is 0 Å². The number of amides is 2. The average molecular weight is 558 g/mol. The van der Waals surface area contributed by atoms with Crippen LogP contribution in [0.5, 0.6) is 5.75 Å². The molecular formula is C30H31N5O4S. The van der Waals surface area contributed by atoms with Crippen molar-refractivity contribution >= 4 is 34.8 Å². The van der Waals surface area contributed by atoms with Crippen LogP contribution in [0.4, 0.5) is 5.82 Å². The minimum atomic E-state index is -0.278. The standard InChI is InChI=1S/C30H31N5O4S/c1-34-27(18-24(33-34)20-6-4-3-5-7-20)32-29(38)25-19-40-30(31-25)22-14-16-35(17-15-22)28(37)13-12-26(36)21-8-10-23(39-2)11-9-21/h3-11,18-19,22H,12-17H2,1-2H3,(H,32,38). The zero-order valence-corrected chi connectivity index (χ0v) is 23.3. The molecule has 4 aromatic rings. The van der Waals surface area contributed by atoms with Crippen LogP contribution in [-0.4, -0.2) is 57.5 Å². The highest BCUT2D eigenvalue weighted by molar-refractivity contribution is 7.10. The number of anilines is 1. The molecule has 2 aromatic carbocycles. The third-order valence-electron chi connectivity index (χ3n) is 7.12. The number of likely N-dealkylation sites (tertiary alicyclic amines) is 1. The van der Waals surface area contributed by atoms with Gasteiger partial charge in [0.1, 0.15) is 17.3 Å². The lowest BCUT2D eigenvalue weighted by Crippen LogP contribution is -2.38. The van der Waals surface area contributed by atoms with Gasteiger partial charge in [0.2, 0.25) is 5.91 Å². The van der Waals surface area contributed by atoms with E-state index in [-0.39, 0.29) is 36.4 Å². The summed E-state index contributed by atoms with van der Waals surface area (Å²) in [5, 5.41) is 10.1. The molecule has 10 heteroatoms. The second-order valence-corrected chi connectivity index (χ2v) is 10.6. The minimum absolute atomic E-state index is 0.00873. The quantitative estimate of drug-likeness (QED) is 0.285. The highest BCUT2D eigenvalue weighted by atomic mass is 32.1. The summed E-state index contributed by atoms with van der Waals surface area (Å²) in [4.78, 5) is 44.6. The van der Waals surface area contributed by atoms with E-state index in [1.54, 1.807) is 48.5 Å². The summed E-state index contributed by atoms with van der Waals surface area (Å²) in [6.45, 7) is 1.22. The molecule has 2 amide bonds. The number of ether oxygens (including phenoxy) is 1. The van der Waals surface area contributed by atoms with Gasteiger partial charge in [-0.05, 0) is 37.1 Å². The number of thiazole rings is 1. The van der Waals surface area contributed by atoms with Crippen molar-refractivity contribution in [3.8, 4) is 17.0 Å². The summed E-state index contributed by atoms with van der Waals surface area (Å²) in [5.74, 6) is 1.13. The molecule has 0 bridgehead atoms. The normalized spacial score (nSPS) is 13.7. The molecule has 9 nitrogen and oxygen atoms in total. The Hall–Kier alpha value is -4.31. The van der Waals surface area contributed by atoms with Gasteiger partial charge in [0.05, 0.1) is 17.8 Å². The van der Waals surface area contributed by atoms with Crippen LogP contribution in [0.1, 0.15) is 57.5 Å². The van der Waals surface area contributed by atoms with Gasteiger partial charge in [0, 0.05) is 61.5 Å². The van der Waals surface area contributed by atoms with E-state index in [4.69, 9.17) is 4.74 Å². The molecule has 1 saturated heterocycles. The fraction of sp³-hybridized carbons (Fsp3) is 0.300. The monoisotopic (exact) mass is 557 g/mol. The molecule has 1 fully saturated rings. The van der Waals surface area contributed by atoms with Crippen molar-refractivity contribution in [2.24, 2.45) is 7.05 Å². The second-order valence-electron chi connectivity index (χ2n) is 9.74. The summed E-state index contributed by atoms with van der Waals surface area (Å²) >= 11 is 1.47. The predicted octanol–water partition coefficient (Wildman–Crippen LogP) is 5.17. The third-order valence-corrected chi connectivity index (χ3v) is 8.13. The Balaban J connectivity index is 1.11. The van der Waals surface area contributed by atoms with E-state index in [2.05, 4.69) is 15.4 Å². The van der Waals surface area contributed by atoms with E-state index in [0.717, 1.165) is 29.1 Å². The first-order chi connectivity index (χ1) is 19.4. The van der Waals surface area contributed by atoms with Gasteiger partial charge < -0.3 is 15.0 Å². The van der Waals surface area contributed by atoms with E-state index in [9.17, 15) is 14.4 Å². The molecule has 1 aliphatic rings. The molecule has 0 saturated carbocycles. The Morgan fingerprint density at radius 1 is 1.02 bits per heavy atom. The van der Waals surface area contributed by atoms with Gasteiger partial charge in [0.25, 0.3) is 5.91 Å². The number of aryl methyl sites for hydroxylation is 1. The lowest BCUT2D eigenvalue weighted by Gasteiger charge is -2.31. The maximum atomic E-state index is 12.9. The highest BCUT2D eigenvalue weighted by Gasteiger charge is 2.27. The van der Waals surface area contributed by atoms with E-state index in [1.165, 1.54) is 11.3 Å². The van der Waals surface area contributed by atoms with Crippen LogP contribution in [0.15, 0.2) is 66.0 Å². The fourth-order valence-electron chi connectivity index (χ4n) is 4.77. The van der Waals surface area contributed by atoms with Crippen LogP contribution in [0, 0.1) is 0 Å². The van der Waals surface area contributed by atoms with E-state index in [0.29, 0.717) is 35.9 Å². The number of hydrogen-bond donors (Lipinski definition) is 1. The van der Waals surface area contributed by atoms with Gasteiger partial charge in [-0.1, -0.05) is 30.3 Å². The second kappa shape index (κ2) is 12.3. The lowest BCUT2D eigenvalue weighted by atomic mass is 9.97. The van der Waals surface area contributed by atoms with Crippen molar-refractivity contribution in [2.75, 3.05) is 25.5 Å². The number of aromatic nitrogens is 3. The fourth-order valence-corrected chi connectivity index (χ4v) is 5.74. The Labute approximate surface area is 236 Å². The molecule has 0 spiro atoms. The number of rotatable bonds is 9. The first kappa shape index (κ1) is 27.3. The SMILES string of the molecule is COc1ccc(C(=O)CCC(=O)N2CCC(c3nc(C(=O)Nc4cc(-c5ccccc5)nn4C)cs3)CC2)cc1. The number of hydrogen-bond acceptors (Lipinski definition) is 7. The molecule has 0 aliphatic carbocycles. The summed E-state index contributed by atoms with van der Waals surface area (Å²) in [6.07, 6.45) is 1.92. The van der Waals surface area contributed by atoms with E-state index in [1.807, 2.05) is 41.3 Å². The largest absolute Gasteiger partial charge is 0.497 e. The van der Waals surface area contributed by atoms with Gasteiger partial charge in [-0.3, -0.25) is 19.1 Å². The van der Waals surface area contributed by atoms with Gasteiger partial charge in [-0.2, -0.15) is 5.10 Å². The first-order valence-electron chi connectivity index (χ1n) is 13.2. The molecule has 1 N–H and O–H groups in total. The van der Waals surface area contributed by atoms with Gasteiger partial charge in [0.15, 0.2) is 5.78 Å². The van der Waals surface area contributed by atoms with Crippen molar-refractivity contribution < 1.29 is 19.1 Å². The Bertz CT molecular complexity index is 1490. The van der Waals surface area contributed by atoms with E-state index >= 15 is 0 Å². The molecule has 5 rings (SSSR count). The molecule has 1 aliphatic heterocycles. The number of nitrogens with one attached hydrogen (secondary N) is 1. The molecule has 2 aromatic heterocycles. The summed E-state index contributed by atoms with van der Waals surface area (Å²) in [7, 11) is 3.37. The van der Waals surface area contributed by atoms with Crippen molar-refractivity contribution in [2.45, 2.75) is 31.6 Å². The Morgan fingerprint density at radius 2 is 1.75 bits per heavy atom. The minimum Gasteiger partial charge on any atom is -0.497 e. The lowest BCUT2D eigenvalue weighted by molar-refractivity contribution is -0.132. The number of nitrogens with zero attached hydrogens (tertiary/aromatic N) is 4. The van der Waals surface area contributed by atoms with Crippen molar-refractivity contribution in [3.63, 3.8) is 0 Å². The third kappa shape index (κ3) is 6.28. The molecular weight excluding hydrogens is 526 g/mol. The Morgan fingerprint density at radius 3 is 2.45 bits per heavy atom. The van der Waals surface area contributed by atoms with Crippen molar-refractivity contribution in [3.05, 3.63) is 82.3 Å². The maximum Gasteiger partial charge on any atom is 0.276 e. The Kier molecular flexibility index (Phi) is 8.35. The summed E-state index contributed by atoms with van der Waals surface area (Å²) in [6, 6.07) is 18.6. The molecule has 206 valence electrons. The summed E-state index contributed by atoms with van der Waals surface area (Å²) < 4.78 is 6.77. The highest BCUT2D eigenvalue weighted by Crippen LogP contribution is 2.31. The first-order valence-corrected chi connectivity index (χ1v) is 14.1. The molecule has 0 unspecified atom stereocenters. The zero-order chi connectivity index (χ0) is 28.1. The van der Waals surface area contributed by atoms with E-state index < -0.39 is 0 Å². The van der Waals surface area contributed by atoms with Crippen LogP contribution in [0.2, 0.25) is 0 Å². The van der Waals surface area contributed by atoms with Crippen LogP contribution < -0.4 is 10.1 Å². The number of carbonyl (C=O) groups excluding carboxylic acids is 3. The zero-order valence-electron chi connectivity index (χ0n) is 22.5. The number of Topliss-reactive ketones (excluding diaryl/α,β-unsaturated/α-hetero) is 1. The summed E-state index contributed by atoms with van der Waals surface area (Å²) in [5.41, 5.74) is 2.71. The van der Waals surface area contributed by atoms with Crippen LogP contribution in [-0.2, 0) is 11.8 Å². The number of benzene rings is 2. The molecule has 0 atom stereocenters. The smallest absolute Gasteiger partial charge is 0.276 e. The molecule has 3 heterocycles. The topological polar surface area (TPSA) is 106 Å². The van der Waals surface area contributed by atoms with Gasteiger partial charge in [-0.25, -0.2) is 4.98 Å². The maximum absolute atomic E-state index is 12.9. The average Bonchev–Trinajstić information content (AvgIpc) is 3.64. The van der Waals surface area contributed by atoms with Crippen LogP contribution in [0.25, 0.3) is 11.3 Å². The van der Waals surface area contributed by atoms with Crippen LogP contribution >= 0.6 is 11.3 Å². The van der Waals surface area contributed by atoms with Crippen molar-refractivity contribution in [1.82, 2.24) is 19.7 Å². The van der Waals surface area contributed by atoms with Crippen molar-refractivity contribution in [1.29, 1.82) is 0 Å². The van der Waals surface area contributed by atoms with Gasteiger partial charge >= 0.3 is 0 Å².